The van der Waals surface area contributed by atoms with E-state index in [1.54, 1.807) is 12.4 Å². The predicted octanol–water partition coefficient (Wildman–Crippen LogP) is 4.59. The van der Waals surface area contributed by atoms with Gasteiger partial charge in [0, 0.05) is 52.2 Å². The number of allylic oxidation sites excluding steroid dienone is 2. The molecular weight excluding hydrogens is 400 g/mol. The number of benzene rings is 2. The zero-order valence-electron chi connectivity index (χ0n) is 17.9. The van der Waals surface area contributed by atoms with Gasteiger partial charge in [-0.05, 0) is 49.7 Å². The molecule has 1 aromatic heterocycles. The summed E-state index contributed by atoms with van der Waals surface area (Å²) < 4.78 is 0. The van der Waals surface area contributed by atoms with Crippen LogP contribution in [0.15, 0.2) is 108 Å². The molecule has 6 nitrogen and oxygen atoms in total. The first-order valence-corrected chi connectivity index (χ1v) is 10.4. The van der Waals surface area contributed by atoms with Gasteiger partial charge in [-0.1, -0.05) is 42.5 Å². The van der Waals surface area contributed by atoms with E-state index < -0.39 is 5.92 Å². The number of amides is 2. The fourth-order valence-corrected chi connectivity index (χ4v) is 3.92. The first kappa shape index (κ1) is 21.1. The standard InChI is InChI=1S/C26H24N4O2/c1-17-22(25(31)29-20-11-5-3-6-12-20)24(19-10-9-15-27-16-19)23(18(2)28-17)26(32)30-21-13-7-4-8-14-21/h3-16,24,28H,1-2H3,(H,29,31)(H,30,32). The number of anilines is 2. The van der Waals surface area contributed by atoms with Crippen LogP contribution < -0.4 is 16.0 Å². The van der Waals surface area contributed by atoms with Crippen molar-refractivity contribution in [1.29, 1.82) is 0 Å². The summed E-state index contributed by atoms with van der Waals surface area (Å²) >= 11 is 0. The number of hydrogen-bond acceptors (Lipinski definition) is 4. The van der Waals surface area contributed by atoms with E-state index in [2.05, 4.69) is 20.9 Å². The molecule has 1 aliphatic rings. The molecule has 0 saturated carbocycles. The Morgan fingerprint density at radius 1 is 0.750 bits per heavy atom. The van der Waals surface area contributed by atoms with E-state index in [-0.39, 0.29) is 11.8 Å². The fraction of sp³-hybridized carbons (Fsp3) is 0.115. The molecular formula is C26H24N4O2. The van der Waals surface area contributed by atoms with Crippen molar-refractivity contribution in [2.45, 2.75) is 19.8 Å². The van der Waals surface area contributed by atoms with Crippen molar-refractivity contribution < 1.29 is 9.59 Å². The van der Waals surface area contributed by atoms with E-state index in [0.717, 1.165) is 5.56 Å². The summed E-state index contributed by atoms with van der Waals surface area (Å²) in [5, 5.41) is 9.14. The van der Waals surface area contributed by atoms with E-state index in [9.17, 15) is 9.59 Å². The molecule has 4 rings (SSSR count). The number of dihydropyridines is 1. The number of aromatic nitrogens is 1. The lowest BCUT2D eigenvalue weighted by molar-refractivity contribution is -0.113. The molecule has 160 valence electrons. The Hall–Kier alpha value is -4.19. The molecule has 1 aliphatic heterocycles. The third-order valence-corrected chi connectivity index (χ3v) is 5.33. The summed E-state index contributed by atoms with van der Waals surface area (Å²) in [6.07, 6.45) is 3.37. The highest BCUT2D eigenvalue weighted by molar-refractivity contribution is 6.11. The first-order valence-electron chi connectivity index (χ1n) is 10.4. The number of hydrogen-bond donors (Lipinski definition) is 3. The van der Waals surface area contributed by atoms with Crippen LogP contribution in [0.25, 0.3) is 0 Å². The van der Waals surface area contributed by atoms with Crippen LogP contribution in [0, 0.1) is 0 Å². The van der Waals surface area contributed by atoms with Crippen molar-refractivity contribution in [3.05, 3.63) is 113 Å². The number of carbonyl (C=O) groups is 2. The fourth-order valence-electron chi connectivity index (χ4n) is 3.92. The molecule has 3 aromatic rings. The van der Waals surface area contributed by atoms with Crippen molar-refractivity contribution in [3.63, 3.8) is 0 Å². The normalized spacial score (nSPS) is 14.1. The molecule has 0 fully saturated rings. The van der Waals surface area contributed by atoms with Gasteiger partial charge >= 0.3 is 0 Å². The SMILES string of the molecule is CC1=C(C(=O)Nc2ccccc2)C(c2cccnc2)C(C(=O)Nc2ccccc2)=C(C)N1. The minimum atomic E-state index is -0.572. The molecule has 0 bridgehead atoms. The molecule has 32 heavy (non-hydrogen) atoms. The average molecular weight is 425 g/mol. The van der Waals surface area contributed by atoms with Crippen LogP contribution in [0.4, 0.5) is 11.4 Å². The smallest absolute Gasteiger partial charge is 0.254 e. The third kappa shape index (κ3) is 4.44. The van der Waals surface area contributed by atoms with Gasteiger partial charge in [0.2, 0.25) is 0 Å². The van der Waals surface area contributed by atoms with Crippen LogP contribution in [-0.4, -0.2) is 16.8 Å². The van der Waals surface area contributed by atoms with Gasteiger partial charge in [0.15, 0.2) is 0 Å². The molecule has 0 radical (unpaired) electrons. The zero-order chi connectivity index (χ0) is 22.5. The molecule has 6 heteroatoms. The molecule has 2 heterocycles. The minimum absolute atomic E-state index is 0.271. The van der Waals surface area contributed by atoms with Crippen LogP contribution >= 0.6 is 0 Å². The highest BCUT2D eigenvalue weighted by Crippen LogP contribution is 2.38. The second kappa shape index (κ2) is 9.31. The van der Waals surface area contributed by atoms with Crippen molar-refractivity contribution in [2.75, 3.05) is 10.6 Å². The molecule has 0 saturated heterocycles. The Morgan fingerprint density at radius 2 is 1.25 bits per heavy atom. The Bertz CT molecular complexity index is 1110. The molecule has 3 N–H and O–H groups in total. The van der Waals surface area contributed by atoms with Crippen molar-refractivity contribution in [2.24, 2.45) is 0 Å². The lowest BCUT2D eigenvalue weighted by Crippen LogP contribution is -2.35. The van der Waals surface area contributed by atoms with E-state index in [1.165, 1.54) is 0 Å². The molecule has 0 aliphatic carbocycles. The monoisotopic (exact) mass is 424 g/mol. The first-order chi connectivity index (χ1) is 15.5. The summed E-state index contributed by atoms with van der Waals surface area (Å²) in [6, 6.07) is 22.2. The summed E-state index contributed by atoms with van der Waals surface area (Å²) in [7, 11) is 0. The van der Waals surface area contributed by atoms with Gasteiger partial charge < -0.3 is 16.0 Å². The lowest BCUT2D eigenvalue weighted by atomic mass is 9.80. The number of para-hydroxylation sites is 2. The van der Waals surface area contributed by atoms with Crippen LogP contribution in [0.2, 0.25) is 0 Å². The third-order valence-electron chi connectivity index (χ3n) is 5.33. The summed E-state index contributed by atoms with van der Waals surface area (Å²) in [4.78, 5) is 31.1. The van der Waals surface area contributed by atoms with Gasteiger partial charge in [0.05, 0.1) is 0 Å². The van der Waals surface area contributed by atoms with Gasteiger partial charge in [-0.25, -0.2) is 0 Å². The second-order valence-corrected chi connectivity index (χ2v) is 7.56. The second-order valence-electron chi connectivity index (χ2n) is 7.56. The minimum Gasteiger partial charge on any atom is -0.362 e. The maximum Gasteiger partial charge on any atom is 0.254 e. The number of carbonyl (C=O) groups excluding carboxylic acids is 2. The zero-order valence-corrected chi connectivity index (χ0v) is 17.9. The van der Waals surface area contributed by atoms with E-state index >= 15 is 0 Å². The van der Waals surface area contributed by atoms with Gasteiger partial charge in [0.25, 0.3) is 11.8 Å². The van der Waals surface area contributed by atoms with E-state index in [4.69, 9.17) is 0 Å². The molecule has 2 aromatic carbocycles. The number of pyridine rings is 1. The summed E-state index contributed by atoms with van der Waals surface area (Å²) in [5.74, 6) is -1.11. The molecule has 0 atom stereocenters. The van der Waals surface area contributed by atoms with Gasteiger partial charge in [-0.15, -0.1) is 0 Å². The van der Waals surface area contributed by atoms with Gasteiger partial charge in [0.1, 0.15) is 0 Å². The number of nitrogens with one attached hydrogen (secondary N) is 3. The number of rotatable bonds is 5. The topological polar surface area (TPSA) is 83.1 Å². The lowest BCUT2D eigenvalue weighted by Gasteiger charge is -2.31. The van der Waals surface area contributed by atoms with Gasteiger partial charge in [-0.3, -0.25) is 14.6 Å². The van der Waals surface area contributed by atoms with Crippen LogP contribution in [-0.2, 0) is 9.59 Å². The van der Waals surface area contributed by atoms with Crippen LogP contribution in [0.1, 0.15) is 25.3 Å². The molecule has 0 spiro atoms. The van der Waals surface area contributed by atoms with Crippen LogP contribution in [0.5, 0.6) is 0 Å². The Labute approximate surface area is 187 Å². The molecule has 2 amide bonds. The largest absolute Gasteiger partial charge is 0.362 e. The van der Waals surface area contributed by atoms with Crippen LogP contribution in [0.3, 0.4) is 0 Å². The summed E-state index contributed by atoms with van der Waals surface area (Å²) in [5.41, 5.74) is 4.48. The number of nitrogens with zero attached hydrogens (tertiary/aromatic N) is 1. The maximum atomic E-state index is 13.4. The predicted molar refractivity (Wildman–Crippen MR) is 126 cm³/mol. The maximum absolute atomic E-state index is 13.4. The Balaban J connectivity index is 1.74. The van der Waals surface area contributed by atoms with Crippen molar-refractivity contribution in [1.82, 2.24) is 10.3 Å². The van der Waals surface area contributed by atoms with E-state index in [0.29, 0.717) is 33.9 Å². The highest BCUT2D eigenvalue weighted by atomic mass is 16.2. The van der Waals surface area contributed by atoms with Gasteiger partial charge in [-0.2, -0.15) is 0 Å². The Morgan fingerprint density at radius 3 is 1.69 bits per heavy atom. The van der Waals surface area contributed by atoms with Crippen molar-refractivity contribution >= 4 is 23.2 Å². The molecule has 0 unspecified atom stereocenters. The van der Waals surface area contributed by atoms with Crippen molar-refractivity contribution in [3.8, 4) is 0 Å². The summed E-state index contributed by atoms with van der Waals surface area (Å²) in [6.45, 7) is 3.69. The quantitative estimate of drug-likeness (QED) is 0.559. The Kier molecular flexibility index (Phi) is 6.12. The van der Waals surface area contributed by atoms with E-state index in [1.807, 2.05) is 86.6 Å². The average Bonchev–Trinajstić information content (AvgIpc) is 2.80. The highest BCUT2D eigenvalue weighted by Gasteiger charge is 2.36.